The van der Waals surface area contributed by atoms with Crippen molar-refractivity contribution in [2.45, 2.75) is 36.5 Å². The Morgan fingerprint density at radius 2 is 2.15 bits per heavy atom. The zero-order valence-corrected chi connectivity index (χ0v) is 15.2. The maximum atomic E-state index is 10.6. The van der Waals surface area contributed by atoms with Crippen molar-refractivity contribution in [3.8, 4) is 11.5 Å². The minimum atomic E-state index is -0.690. The molecule has 2 aliphatic heterocycles. The van der Waals surface area contributed by atoms with Crippen LogP contribution in [0.3, 0.4) is 0 Å². The molecule has 6 N–H and O–H groups in total. The number of piperidine rings is 1. The number of likely N-dealkylation sites (tertiary alicyclic amines) is 1. The third-order valence-corrected chi connectivity index (χ3v) is 6.50. The zero-order chi connectivity index (χ0) is 17.5. The predicted octanol–water partition coefficient (Wildman–Crippen LogP) is 0.525. The maximum absolute atomic E-state index is 10.6. The van der Waals surface area contributed by atoms with Crippen molar-refractivity contribution in [1.82, 2.24) is 4.90 Å². The molecule has 1 spiro atoms. The highest BCUT2D eigenvalue weighted by Crippen LogP contribution is 2.63. The molecular formula is C18H23ClN4O3. The first-order chi connectivity index (χ1) is 11.9. The van der Waals surface area contributed by atoms with E-state index in [2.05, 4.69) is 23.0 Å². The first-order valence-electron chi connectivity index (χ1n) is 8.65. The number of guanidine groups is 1. The van der Waals surface area contributed by atoms with Crippen LogP contribution in [0.1, 0.15) is 17.5 Å². The molecule has 0 aromatic heterocycles. The Hall–Kier alpha value is -1.96. The fourth-order valence-electron chi connectivity index (χ4n) is 5.54. The number of aliphatic hydroxyl groups excluding tert-OH is 1. The van der Waals surface area contributed by atoms with Crippen LogP contribution in [-0.2, 0) is 11.8 Å². The lowest BCUT2D eigenvalue weighted by Gasteiger charge is -2.56. The van der Waals surface area contributed by atoms with Crippen LogP contribution < -0.4 is 16.2 Å². The summed E-state index contributed by atoms with van der Waals surface area (Å²) in [5.74, 6) is 0.728. The number of aliphatic imine (C=N–C) groups is 1. The van der Waals surface area contributed by atoms with Gasteiger partial charge in [0.25, 0.3) is 0 Å². The van der Waals surface area contributed by atoms with E-state index in [1.807, 2.05) is 6.08 Å². The number of rotatable bonds is 1. The summed E-state index contributed by atoms with van der Waals surface area (Å²) in [7, 11) is 2.13. The first kappa shape index (κ1) is 17.5. The Kier molecular flexibility index (Phi) is 3.70. The lowest BCUT2D eigenvalue weighted by Crippen LogP contribution is -2.64. The largest absolute Gasteiger partial charge is 0.504 e. The number of aliphatic hydroxyl groups is 1. The standard InChI is InChI=1S/C18H22N4O3.ClH/c1-22-5-4-18-9-2-3-12(23)16(18)25-15-13(24)7-10(21-17(19)20)8(14(15)18)6-11(9)22;/h2-3,7,9,11-12,16,23-24H,4-6H2,1H3,(H4,19,20,21);1H/t9-,11+,12-,16-,18-;/m0./s1. The Bertz CT molecular complexity index is 838. The number of ether oxygens (including phenoxy) is 1. The second kappa shape index (κ2) is 5.52. The molecular weight excluding hydrogens is 356 g/mol. The monoisotopic (exact) mass is 378 g/mol. The molecule has 8 heteroatoms. The summed E-state index contributed by atoms with van der Waals surface area (Å²) in [5.41, 5.74) is 13.5. The molecule has 26 heavy (non-hydrogen) atoms. The molecule has 2 heterocycles. The van der Waals surface area contributed by atoms with Crippen LogP contribution in [0.5, 0.6) is 11.5 Å². The Morgan fingerprint density at radius 1 is 1.38 bits per heavy atom. The van der Waals surface area contributed by atoms with Gasteiger partial charge in [0.15, 0.2) is 17.5 Å². The molecule has 0 radical (unpaired) electrons. The van der Waals surface area contributed by atoms with Crippen LogP contribution >= 0.6 is 12.4 Å². The van der Waals surface area contributed by atoms with Gasteiger partial charge < -0.3 is 31.3 Å². The van der Waals surface area contributed by atoms with Gasteiger partial charge in [-0.1, -0.05) is 12.2 Å². The summed E-state index contributed by atoms with van der Waals surface area (Å²) >= 11 is 0. The van der Waals surface area contributed by atoms with E-state index in [4.69, 9.17) is 16.2 Å². The van der Waals surface area contributed by atoms with Crippen LogP contribution in [0.15, 0.2) is 23.2 Å². The predicted molar refractivity (Wildman–Crippen MR) is 100 cm³/mol. The normalized spacial score (nSPS) is 35.9. The summed E-state index contributed by atoms with van der Waals surface area (Å²) in [6.07, 6.45) is 4.55. The molecule has 1 aromatic rings. The lowest BCUT2D eigenvalue weighted by atomic mass is 9.53. The van der Waals surface area contributed by atoms with Gasteiger partial charge >= 0.3 is 0 Å². The van der Waals surface area contributed by atoms with E-state index in [1.165, 1.54) is 0 Å². The van der Waals surface area contributed by atoms with Crippen molar-refractivity contribution in [3.63, 3.8) is 0 Å². The van der Waals surface area contributed by atoms with Gasteiger partial charge in [0.1, 0.15) is 12.2 Å². The SMILES string of the molecule is CN1CC[C@]23c4c5c(N=C(N)N)cc(O)c4O[C@H]2[C@@H](O)C=C[C@H]3[C@H]1C5.Cl. The van der Waals surface area contributed by atoms with E-state index in [0.29, 0.717) is 17.5 Å². The Balaban J connectivity index is 0.00000168. The average Bonchev–Trinajstić information content (AvgIpc) is 2.90. The minimum Gasteiger partial charge on any atom is -0.504 e. The second-order valence-corrected chi connectivity index (χ2v) is 7.62. The van der Waals surface area contributed by atoms with Crippen molar-refractivity contribution in [1.29, 1.82) is 0 Å². The minimum absolute atomic E-state index is 0. The number of likely N-dealkylation sites (N-methyl/N-ethyl adjacent to an activating group) is 1. The zero-order valence-electron chi connectivity index (χ0n) is 14.4. The van der Waals surface area contributed by atoms with Gasteiger partial charge in [-0.2, -0.15) is 0 Å². The van der Waals surface area contributed by atoms with Crippen molar-refractivity contribution < 1.29 is 14.9 Å². The fraction of sp³-hybridized carbons (Fsp3) is 0.500. The van der Waals surface area contributed by atoms with Crippen molar-refractivity contribution in [2.24, 2.45) is 22.4 Å². The lowest BCUT2D eigenvalue weighted by molar-refractivity contribution is -0.0452. The summed E-state index contributed by atoms with van der Waals surface area (Å²) in [4.78, 5) is 6.62. The van der Waals surface area contributed by atoms with E-state index in [1.54, 1.807) is 6.07 Å². The molecule has 2 bridgehead atoms. The van der Waals surface area contributed by atoms with Crippen LogP contribution in [0.4, 0.5) is 5.69 Å². The van der Waals surface area contributed by atoms with Crippen molar-refractivity contribution >= 4 is 24.1 Å². The third-order valence-electron chi connectivity index (χ3n) is 6.50. The summed E-state index contributed by atoms with van der Waals surface area (Å²) in [6, 6.07) is 1.86. The third kappa shape index (κ3) is 1.93. The van der Waals surface area contributed by atoms with Gasteiger partial charge in [0, 0.05) is 29.0 Å². The van der Waals surface area contributed by atoms with E-state index < -0.39 is 6.10 Å². The molecule has 0 saturated carbocycles. The van der Waals surface area contributed by atoms with E-state index in [9.17, 15) is 10.2 Å². The molecule has 1 saturated heterocycles. The number of aromatic hydroxyl groups is 1. The molecule has 1 fully saturated rings. The molecule has 4 aliphatic rings. The molecule has 2 aliphatic carbocycles. The van der Waals surface area contributed by atoms with Gasteiger partial charge in [-0.15, -0.1) is 12.4 Å². The molecule has 7 nitrogen and oxygen atoms in total. The van der Waals surface area contributed by atoms with Gasteiger partial charge in [0.05, 0.1) is 5.69 Å². The van der Waals surface area contributed by atoms with Crippen LogP contribution in [0.2, 0.25) is 0 Å². The van der Waals surface area contributed by atoms with Crippen LogP contribution in [0, 0.1) is 5.92 Å². The number of phenols is 1. The molecule has 140 valence electrons. The van der Waals surface area contributed by atoms with E-state index in [-0.39, 0.29) is 41.6 Å². The van der Waals surface area contributed by atoms with Gasteiger partial charge in [0.2, 0.25) is 0 Å². The molecule has 1 aromatic carbocycles. The quantitative estimate of drug-likeness (QED) is 0.321. The molecule has 0 unspecified atom stereocenters. The summed E-state index contributed by atoms with van der Waals surface area (Å²) < 4.78 is 6.14. The van der Waals surface area contributed by atoms with Gasteiger partial charge in [-0.3, -0.25) is 0 Å². The summed E-state index contributed by atoms with van der Waals surface area (Å²) in [6.45, 7) is 0.924. The number of halogens is 1. The second-order valence-electron chi connectivity index (χ2n) is 7.62. The highest BCUT2D eigenvalue weighted by molar-refractivity contribution is 5.85. The molecule has 5 rings (SSSR count). The number of phenolic OH excluding ortho intramolecular Hbond substituents is 1. The molecule has 5 atom stereocenters. The smallest absolute Gasteiger partial charge is 0.191 e. The van der Waals surface area contributed by atoms with Crippen LogP contribution in [-0.4, -0.2) is 52.9 Å². The highest BCUT2D eigenvalue weighted by Gasteiger charge is 2.64. The number of nitrogens with two attached hydrogens (primary N) is 2. The first-order valence-corrected chi connectivity index (χ1v) is 8.65. The fourth-order valence-corrected chi connectivity index (χ4v) is 5.54. The Morgan fingerprint density at radius 3 is 2.88 bits per heavy atom. The number of benzene rings is 1. The average molecular weight is 379 g/mol. The molecule has 0 amide bonds. The van der Waals surface area contributed by atoms with Gasteiger partial charge in [-0.05, 0) is 32.0 Å². The summed E-state index contributed by atoms with van der Waals surface area (Å²) in [5, 5.41) is 21.1. The number of hydrogen-bond acceptors (Lipinski definition) is 5. The van der Waals surface area contributed by atoms with Crippen molar-refractivity contribution in [3.05, 3.63) is 29.3 Å². The van der Waals surface area contributed by atoms with Gasteiger partial charge in [-0.25, -0.2) is 4.99 Å². The van der Waals surface area contributed by atoms with Crippen molar-refractivity contribution in [2.75, 3.05) is 13.6 Å². The van der Waals surface area contributed by atoms with E-state index >= 15 is 0 Å². The maximum Gasteiger partial charge on any atom is 0.191 e. The Labute approximate surface area is 157 Å². The number of nitrogens with zero attached hydrogens (tertiary/aromatic N) is 2. The van der Waals surface area contributed by atoms with Crippen LogP contribution in [0.25, 0.3) is 0 Å². The highest BCUT2D eigenvalue weighted by atomic mass is 35.5. The number of hydrogen-bond donors (Lipinski definition) is 4. The topological polar surface area (TPSA) is 117 Å². The van der Waals surface area contributed by atoms with E-state index in [0.717, 1.165) is 30.5 Å².